The van der Waals surface area contributed by atoms with Crippen LogP contribution >= 0.6 is 0 Å². The van der Waals surface area contributed by atoms with Gasteiger partial charge in [-0.1, -0.05) is 0 Å². The zero-order valence-electron chi connectivity index (χ0n) is 21.5. The molecule has 3 N–H and O–H groups in total. The number of hydrogen-bond donors (Lipinski definition) is 3. The second-order valence-electron chi connectivity index (χ2n) is 11.0. The second-order valence-corrected chi connectivity index (χ2v) is 11.0. The lowest BCUT2D eigenvalue weighted by molar-refractivity contribution is -0.0716. The van der Waals surface area contributed by atoms with Gasteiger partial charge in [-0.15, -0.1) is 0 Å². The first-order valence-corrected chi connectivity index (χ1v) is 13.0. The average Bonchev–Trinajstić information content (AvgIpc) is 3.01. The van der Waals surface area contributed by atoms with Gasteiger partial charge in [-0.2, -0.15) is 0 Å². The standard InChI is InChI=1S/C30H24O9/c1-8-5-12-17(9(2)36-8)26(34)20-14(32)7-16-21-22-23-18(10(3)37-11(4)28(23)39-29(12)24(20)21)27(35)19-13(31)6-15(33)30(38-16)25(19)22/h6-11,28,31,34-35H,5H2,1-4H3/t8-,9-,10-,11-,28-/m1/s1. The quantitative estimate of drug-likeness (QED) is 0.185. The second kappa shape index (κ2) is 7.11. The predicted molar refractivity (Wildman–Crippen MR) is 142 cm³/mol. The van der Waals surface area contributed by atoms with Crippen LogP contribution in [0.1, 0.15) is 68.3 Å². The van der Waals surface area contributed by atoms with Gasteiger partial charge in [0.2, 0.25) is 5.43 Å². The third-order valence-corrected chi connectivity index (χ3v) is 8.68. The third kappa shape index (κ3) is 2.57. The van der Waals surface area contributed by atoms with Crippen molar-refractivity contribution < 1.29 is 33.9 Å². The van der Waals surface area contributed by atoms with Crippen LogP contribution < -0.4 is 15.6 Å². The van der Waals surface area contributed by atoms with Gasteiger partial charge in [0.05, 0.1) is 35.2 Å². The van der Waals surface area contributed by atoms with E-state index < -0.39 is 35.3 Å². The van der Waals surface area contributed by atoms with Gasteiger partial charge in [0.15, 0.2) is 17.1 Å². The molecule has 8 rings (SSSR count). The molecule has 0 aliphatic carbocycles. The monoisotopic (exact) mass is 528 g/mol. The van der Waals surface area contributed by atoms with E-state index in [1.54, 1.807) is 6.92 Å². The van der Waals surface area contributed by atoms with Gasteiger partial charge in [0.25, 0.3) is 0 Å². The highest BCUT2D eigenvalue weighted by molar-refractivity contribution is 6.29. The molecule has 198 valence electrons. The van der Waals surface area contributed by atoms with Crippen LogP contribution in [0.15, 0.2) is 26.1 Å². The maximum absolute atomic E-state index is 13.6. The van der Waals surface area contributed by atoms with E-state index >= 15 is 0 Å². The normalized spacial score (nSPS) is 25.6. The van der Waals surface area contributed by atoms with Crippen molar-refractivity contribution in [1.29, 1.82) is 0 Å². The molecule has 0 saturated heterocycles. The van der Waals surface area contributed by atoms with E-state index in [1.807, 2.05) is 20.8 Å². The molecule has 0 bridgehead atoms. The zero-order chi connectivity index (χ0) is 27.2. The van der Waals surface area contributed by atoms with Crippen molar-refractivity contribution in [3.63, 3.8) is 0 Å². The van der Waals surface area contributed by atoms with Gasteiger partial charge in [-0.05, 0) is 27.7 Å². The van der Waals surface area contributed by atoms with E-state index in [1.165, 1.54) is 6.07 Å². The summed E-state index contributed by atoms with van der Waals surface area (Å²) in [5.74, 6) is -0.354. The molecule has 0 radical (unpaired) electrons. The Kier molecular flexibility index (Phi) is 4.17. The minimum atomic E-state index is -0.731. The van der Waals surface area contributed by atoms with Gasteiger partial charge >= 0.3 is 0 Å². The van der Waals surface area contributed by atoms with E-state index in [9.17, 15) is 24.9 Å². The minimum Gasteiger partial charge on any atom is -0.507 e. The average molecular weight is 529 g/mol. The van der Waals surface area contributed by atoms with Crippen molar-refractivity contribution in [1.82, 2.24) is 0 Å². The van der Waals surface area contributed by atoms with Crippen molar-refractivity contribution in [2.75, 3.05) is 0 Å². The smallest absolute Gasteiger partial charge is 0.225 e. The van der Waals surface area contributed by atoms with Gasteiger partial charge in [0.1, 0.15) is 28.6 Å². The van der Waals surface area contributed by atoms with Crippen LogP contribution in [-0.2, 0) is 15.9 Å². The lowest BCUT2D eigenvalue weighted by Crippen LogP contribution is -2.32. The molecule has 9 nitrogen and oxygen atoms in total. The molecule has 39 heavy (non-hydrogen) atoms. The highest BCUT2D eigenvalue weighted by Gasteiger charge is 2.43. The van der Waals surface area contributed by atoms with Gasteiger partial charge in [0, 0.05) is 62.4 Å². The Hall–Kier alpha value is -4.08. The van der Waals surface area contributed by atoms with Crippen molar-refractivity contribution in [2.45, 2.75) is 64.6 Å². The number of rotatable bonds is 0. The van der Waals surface area contributed by atoms with Crippen molar-refractivity contribution in [3.8, 4) is 23.0 Å². The van der Waals surface area contributed by atoms with Crippen LogP contribution in [0.25, 0.3) is 43.5 Å². The Labute approximate surface area is 220 Å². The molecule has 0 amide bonds. The fraction of sp³-hybridized carbons (Fsp3) is 0.333. The van der Waals surface area contributed by atoms with E-state index in [4.69, 9.17) is 18.6 Å². The number of ether oxygens (including phenoxy) is 3. The summed E-state index contributed by atoms with van der Waals surface area (Å²) in [7, 11) is 0. The maximum Gasteiger partial charge on any atom is 0.225 e. The van der Waals surface area contributed by atoms with Gasteiger partial charge in [-0.25, -0.2) is 0 Å². The van der Waals surface area contributed by atoms with Crippen molar-refractivity contribution in [3.05, 3.63) is 54.8 Å². The van der Waals surface area contributed by atoms with Crippen LogP contribution in [0, 0.1) is 0 Å². The number of fused-ring (bicyclic) bond motifs is 2. The number of phenolic OH excluding ortho intramolecular Hbond substituents is 3. The molecule has 0 spiro atoms. The molecule has 4 aromatic carbocycles. The Morgan fingerprint density at radius 1 is 0.744 bits per heavy atom. The molecule has 4 heterocycles. The number of aromatic hydroxyl groups is 3. The van der Waals surface area contributed by atoms with E-state index in [2.05, 4.69) is 0 Å². The van der Waals surface area contributed by atoms with E-state index in [0.717, 1.165) is 11.6 Å². The third-order valence-electron chi connectivity index (χ3n) is 8.68. The first-order chi connectivity index (χ1) is 18.6. The summed E-state index contributed by atoms with van der Waals surface area (Å²) < 4.78 is 25.1. The predicted octanol–water partition coefficient (Wildman–Crippen LogP) is 5.10. The lowest BCUT2D eigenvalue weighted by atomic mass is 9.83. The molecule has 1 aromatic heterocycles. The largest absolute Gasteiger partial charge is 0.507 e. The summed E-state index contributed by atoms with van der Waals surface area (Å²) in [5, 5.41) is 35.7. The highest BCUT2D eigenvalue weighted by Crippen LogP contribution is 2.58. The summed E-state index contributed by atoms with van der Waals surface area (Å²) >= 11 is 0. The molecule has 0 saturated carbocycles. The number of hydrogen-bond acceptors (Lipinski definition) is 9. The van der Waals surface area contributed by atoms with Crippen molar-refractivity contribution in [2.24, 2.45) is 0 Å². The SMILES string of the molecule is C[C@@H]1Cc2c(c(O)c3c(=O)cc4oc5c(=O)cc(O)c6c(O)c7c8c(c65)c4c3c2O[C@@H]8[C@@H](C)O[C@@H]7C)[C@@H](C)O1. The number of phenols is 3. The minimum absolute atomic E-state index is 0.0633. The van der Waals surface area contributed by atoms with Crippen LogP contribution in [0.3, 0.4) is 0 Å². The van der Waals surface area contributed by atoms with Crippen LogP contribution in [0.2, 0.25) is 0 Å². The lowest BCUT2D eigenvalue weighted by Gasteiger charge is -2.37. The summed E-state index contributed by atoms with van der Waals surface area (Å²) in [6.07, 6.45) is -2.01. The van der Waals surface area contributed by atoms with Crippen LogP contribution in [-0.4, -0.2) is 27.5 Å². The Morgan fingerprint density at radius 3 is 2.23 bits per heavy atom. The van der Waals surface area contributed by atoms with Gasteiger partial charge in [-0.3, -0.25) is 9.59 Å². The first-order valence-electron chi connectivity index (χ1n) is 13.0. The molecule has 5 atom stereocenters. The zero-order valence-corrected chi connectivity index (χ0v) is 21.5. The molecule has 9 heteroatoms. The van der Waals surface area contributed by atoms with Crippen LogP contribution in [0.4, 0.5) is 0 Å². The Morgan fingerprint density at radius 2 is 1.46 bits per heavy atom. The first kappa shape index (κ1) is 22.9. The topological polar surface area (TPSA) is 136 Å². The molecule has 0 fully saturated rings. The summed E-state index contributed by atoms with van der Waals surface area (Å²) in [4.78, 5) is 26.7. The molecule has 0 unspecified atom stereocenters. The Balaban J connectivity index is 1.76. The summed E-state index contributed by atoms with van der Waals surface area (Å²) in [6, 6.07) is 2.27. The Bertz CT molecular complexity index is 2080. The fourth-order valence-corrected chi connectivity index (χ4v) is 7.29. The fourth-order valence-electron chi connectivity index (χ4n) is 7.29. The molecule has 5 aromatic rings. The van der Waals surface area contributed by atoms with Crippen molar-refractivity contribution >= 4 is 43.5 Å². The van der Waals surface area contributed by atoms with Gasteiger partial charge < -0.3 is 33.9 Å². The summed E-state index contributed by atoms with van der Waals surface area (Å²) in [6.45, 7) is 7.44. The maximum atomic E-state index is 13.6. The molecule has 3 aliphatic heterocycles. The molecular weight excluding hydrogens is 504 g/mol. The van der Waals surface area contributed by atoms with E-state index in [0.29, 0.717) is 45.0 Å². The van der Waals surface area contributed by atoms with Crippen LogP contribution in [0.5, 0.6) is 23.0 Å². The number of benzene rings is 4. The molecular formula is C30H24O9. The highest BCUT2D eigenvalue weighted by atomic mass is 16.6. The molecule has 3 aliphatic rings. The van der Waals surface area contributed by atoms with E-state index in [-0.39, 0.29) is 50.7 Å². The summed E-state index contributed by atoms with van der Waals surface area (Å²) in [5.41, 5.74) is 1.26.